The highest BCUT2D eigenvalue weighted by Gasteiger charge is 2.24. The van der Waals surface area contributed by atoms with Gasteiger partial charge < -0.3 is 14.4 Å². The van der Waals surface area contributed by atoms with Gasteiger partial charge in [-0.25, -0.2) is 4.98 Å². The molecule has 0 spiro atoms. The Kier molecular flexibility index (Phi) is 6.25. The number of thiazole rings is 1. The molecule has 1 aliphatic heterocycles. The topological polar surface area (TPSA) is 54.9 Å². The molecular weight excluding hydrogens is 374 g/mol. The van der Waals surface area contributed by atoms with Crippen LogP contribution in [0.15, 0.2) is 23.6 Å². The number of carbonyl (C=O) groups excluding carboxylic acids is 1. The van der Waals surface area contributed by atoms with Crippen molar-refractivity contribution in [2.24, 2.45) is 0 Å². The van der Waals surface area contributed by atoms with Gasteiger partial charge in [0.25, 0.3) is 5.91 Å². The van der Waals surface area contributed by atoms with Crippen molar-refractivity contribution in [1.82, 2.24) is 14.8 Å². The number of methoxy groups -OCH3 is 2. The molecule has 2 heterocycles. The maximum atomic E-state index is 12.8. The molecule has 1 aromatic carbocycles. The lowest BCUT2D eigenvalue weighted by atomic mass is 9.93. The quantitative estimate of drug-likeness (QED) is 0.766. The molecule has 1 aliphatic rings. The second-order valence-electron chi connectivity index (χ2n) is 8.01. The number of ether oxygens (including phenoxy) is 2. The average molecular weight is 404 g/mol. The average Bonchev–Trinajstić information content (AvgIpc) is 3.16. The molecule has 1 amide bonds. The summed E-state index contributed by atoms with van der Waals surface area (Å²) in [5.74, 6) is 1.23. The molecule has 0 radical (unpaired) electrons. The highest BCUT2D eigenvalue weighted by atomic mass is 32.1. The molecular formula is C21H29N3O3S. The molecule has 0 atom stereocenters. The SMILES string of the molecule is COc1ccc(C(=O)N2CCN(Cc3nc(C(C)(C)C)cs3)CC2)cc1OC. The van der Waals surface area contributed by atoms with E-state index in [1.54, 1.807) is 43.8 Å². The fourth-order valence-electron chi connectivity index (χ4n) is 3.18. The number of nitrogens with zero attached hydrogens (tertiary/aromatic N) is 3. The molecule has 0 N–H and O–H groups in total. The Morgan fingerprint density at radius 3 is 2.36 bits per heavy atom. The molecule has 6 nitrogen and oxygen atoms in total. The largest absolute Gasteiger partial charge is 0.493 e. The van der Waals surface area contributed by atoms with Crippen LogP contribution in [0.1, 0.15) is 41.8 Å². The van der Waals surface area contributed by atoms with Crippen LogP contribution in [0.4, 0.5) is 0 Å². The van der Waals surface area contributed by atoms with Gasteiger partial charge in [0.05, 0.1) is 26.5 Å². The number of aromatic nitrogens is 1. The number of hydrogen-bond acceptors (Lipinski definition) is 6. The van der Waals surface area contributed by atoms with E-state index in [1.807, 2.05) is 4.90 Å². The van der Waals surface area contributed by atoms with Crippen molar-refractivity contribution in [3.63, 3.8) is 0 Å². The molecule has 28 heavy (non-hydrogen) atoms. The lowest BCUT2D eigenvalue weighted by Crippen LogP contribution is -2.48. The molecule has 2 aromatic rings. The second kappa shape index (κ2) is 8.49. The van der Waals surface area contributed by atoms with Crippen LogP contribution in [-0.4, -0.2) is 61.1 Å². The van der Waals surface area contributed by atoms with Crippen LogP contribution < -0.4 is 9.47 Å². The van der Waals surface area contributed by atoms with Crippen LogP contribution in [0.5, 0.6) is 11.5 Å². The van der Waals surface area contributed by atoms with E-state index in [9.17, 15) is 4.79 Å². The summed E-state index contributed by atoms with van der Waals surface area (Å²) >= 11 is 1.72. The van der Waals surface area contributed by atoms with Crippen molar-refractivity contribution in [2.75, 3.05) is 40.4 Å². The van der Waals surface area contributed by atoms with Gasteiger partial charge in [0.2, 0.25) is 0 Å². The third kappa shape index (κ3) is 4.64. The summed E-state index contributed by atoms with van der Waals surface area (Å²) in [4.78, 5) is 21.9. The number of carbonyl (C=O) groups is 1. The number of benzene rings is 1. The Morgan fingerprint density at radius 1 is 1.11 bits per heavy atom. The van der Waals surface area contributed by atoms with E-state index >= 15 is 0 Å². The third-order valence-electron chi connectivity index (χ3n) is 4.97. The van der Waals surface area contributed by atoms with Gasteiger partial charge >= 0.3 is 0 Å². The minimum absolute atomic E-state index is 0.0323. The fraction of sp³-hybridized carbons (Fsp3) is 0.524. The van der Waals surface area contributed by atoms with Crippen molar-refractivity contribution in [3.05, 3.63) is 39.8 Å². The van der Waals surface area contributed by atoms with Gasteiger partial charge in [0.15, 0.2) is 11.5 Å². The third-order valence-corrected chi connectivity index (χ3v) is 5.80. The molecule has 0 unspecified atom stereocenters. The number of rotatable bonds is 5. The zero-order valence-electron chi connectivity index (χ0n) is 17.3. The van der Waals surface area contributed by atoms with Gasteiger partial charge in [-0.3, -0.25) is 9.69 Å². The zero-order valence-corrected chi connectivity index (χ0v) is 18.1. The lowest BCUT2D eigenvalue weighted by Gasteiger charge is -2.34. The molecule has 0 aliphatic carbocycles. The number of hydrogen-bond donors (Lipinski definition) is 0. The first-order valence-electron chi connectivity index (χ1n) is 9.50. The Balaban J connectivity index is 1.58. The summed E-state index contributed by atoms with van der Waals surface area (Å²) in [6, 6.07) is 5.31. The molecule has 1 aromatic heterocycles. The maximum Gasteiger partial charge on any atom is 0.254 e. The molecule has 0 saturated carbocycles. The summed E-state index contributed by atoms with van der Waals surface area (Å²) in [6.45, 7) is 10.5. The first kappa shape index (κ1) is 20.6. The zero-order chi connectivity index (χ0) is 20.3. The van der Waals surface area contributed by atoms with Crippen LogP contribution in [-0.2, 0) is 12.0 Å². The standard InChI is InChI=1S/C21H29N3O3S/c1-21(2,3)18-14-28-19(22-18)13-23-8-10-24(11-9-23)20(25)15-6-7-16(26-4)17(12-15)27-5/h6-7,12,14H,8-11,13H2,1-5H3. The van der Waals surface area contributed by atoms with E-state index < -0.39 is 0 Å². The highest BCUT2D eigenvalue weighted by molar-refractivity contribution is 7.09. The van der Waals surface area contributed by atoms with E-state index in [0.29, 0.717) is 30.2 Å². The first-order chi connectivity index (χ1) is 13.3. The molecule has 0 bridgehead atoms. The number of piperazine rings is 1. The lowest BCUT2D eigenvalue weighted by molar-refractivity contribution is 0.0628. The van der Waals surface area contributed by atoms with Crippen molar-refractivity contribution in [2.45, 2.75) is 32.7 Å². The van der Waals surface area contributed by atoms with Crippen LogP contribution in [0.3, 0.4) is 0 Å². The van der Waals surface area contributed by atoms with E-state index in [-0.39, 0.29) is 11.3 Å². The smallest absolute Gasteiger partial charge is 0.254 e. The van der Waals surface area contributed by atoms with Crippen LogP contribution >= 0.6 is 11.3 Å². The summed E-state index contributed by atoms with van der Waals surface area (Å²) in [7, 11) is 3.17. The summed E-state index contributed by atoms with van der Waals surface area (Å²) in [5, 5.41) is 3.30. The predicted octanol–water partition coefficient (Wildman–Crippen LogP) is 3.42. The molecule has 7 heteroatoms. The normalized spacial score (nSPS) is 15.5. The Hall–Kier alpha value is -2.12. The monoisotopic (exact) mass is 403 g/mol. The Morgan fingerprint density at radius 2 is 1.79 bits per heavy atom. The maximum absolute atomic E-state index is 12.8. The molecule has 1 fully saturated rings. The number of amides is 1. The van der Waals surface area contributed by atoms with E-state index in [1.165, 1.54) is 0 Å². The van der Waals surface area contributed by atoms with Gasteiger partial charge in [0, 0.05) is 42.5 Å². The van der Waals surface area contributed by atoms with Gasteiger partial charge in [-0.15, -0.1) is 11.3 Å². The van der Waals surface area contributed by atoms with Crippen molar-refractivity contribution in [1.29, 1.82) is 0 Å². The molecule has 152 valence electrons. The minimum atomic E-state index is 0.0323. The Bertz CT molecular complexity index is 821. The van der Waals surface area contributed by atoms with Crippen LogP contribution in [0.25, 0.3) is 0 Å². The predicted molar refractivity (Wildman–Crippen MR) is 112 cm³/mol. The Labute approximate surface area is 171 Å². The van der Waals surface area contributed by atoms with Gasteiger partial charge in [0.1, 0.15) is 5.01 Å². The van der Waals surface area contributed by atoms with Crippen molar-refractivity contribution >= 4 is 17.2 Å². The van der Waals surface area contributed by atoms with E-state index in [2.05, 4.69) is 31.1 Å². The van der Waals surface area contributed by atoms with E-state index in [0.717, 1.165) is 30.3 Å². The summed E-state index contributed by atoms with van der Waals surface area (Å²) in [6.07, 6.45) is 0. The van der Waals surface area contributed by atoms with Gasteiger partial charge in [-0.05, 0) is 18.2 Å². The molecule has 3 rings (SSSR count). The van der Waals surface area contributed by atoms with Crippen molar-refractivity contribution in [3.8, 4) is 11.5 Å². The highest BCUT2D eigenvalue weighted by Crippen LogP contribution is 2.28. The van der Waals surface area contributed by atoms with Crippen molar-refractivity contribution < 1.29 is 14.3 Å². The fourth-order valence-corrected chi connectivity index (χ4v) is 4.24. The van der Waals surface area contributed by atoms with Gasteiger partial charge in [-0.2, -0.15) is 0 Å². The summed E-state index contributed by atoms with van der Waals surface area (Å²) < 4.78 is 10.6. The van der Waals surface area contributed by atoms with E-state index in [4.69, 9.17) is 14.5 Å². The molecule has 1 saturated heterocycles. The first-order valence-corrected chi connectivity index (χ1v) is 10.4. The second-order valence-corrected chi connectivity index (χ2v) is 8.96. The van der Waals surface area contributed by atoms with Gasteiger partial charge in [-0.1, -0.05) is 20.8 Å². The van der Waals surface area contributed by atoms with Crippen LogP contribution in [0, 0.1) is 0 Å². The minimum Gasteiger partial charge on any atom is -0.493 e. The van der Waals surface area contributed by atoms with Crippen LogP contribution in [0.2, 0.25) is 0 Å². The summed E-state index contributed by atoms with van der Waals surface area (Å²) in [5.41, 5.74) is 1.86.